The zero-order valence-corrected chi connectivity index (χ0v) is 9.00. The highest BCUT2D eigenvalue weighted by molar-refractivity contribution is 5.81. The lowest BCUT2D eigenvalue weighted by molar-refractivity contribution is -0.138. The maximum Gasteiger partial charge on any atom is 0.311 e. The van der Waals surface area contributed by atoms with Crippen molar-refractivity contribution in [3.05, 3.63) is 28.8 Å². The monoisotopic (exact) mass is 205 g/mol. The molecule has 2 N–H and O–H groups in total. The molecule has 1 aliphatic rings. The van der Waals surface area contributed by atoms with E-state index in [9.17, 15) is 4.79 Å². The van der Waals surface area contributed by atoms with Crippen molar-refractivity contribution in [3.8, 4) is 0 Å². The summed E-state index contributed by atoms with van der Waals surface area (Å²) in [5, 5.41) is 12.4. The van der Waals surface area contributed by atoms with Crippen molar-refractivity contribution < 1.29 is 9.90 Å². The third kappa shape index (κ3) is 1.69. The largest absolute Gasteiger partial charge is 0.481 e. The number of aryl methyl sites for hydroxylation is 2. The van der Waals surface area contributed by atoms with E-state index >= 15 is 0 Å². The molecule has 2 rings (SSSR count). The number of rotatable bonds is 1. The third-order valence-corrected chi connectivity index (χ3v) is 2.92. The second-order valence-corrected chi connectivity index (χ2v) is 4.15. The van der Waals surface area contributed by atoms with Gasteiger partial charge in [0.2, 0.25) is 0 Å². The third-order valence-electron chi connectivity index (χ3n) is 2.92. The summed E-state index contributed by atoms with van der Waals surface area (Å²) < 4.78 is 0. The Hall–Kier alpha value is -1.51. The minimum atomic E-state index is -0.720. The molecule has 0 spiro atoms. The fraction of sp³-hybridized carbons (Fsp3) is 0.417. The van der Waals surface area contributed by atoms with E-state index in [0.29, 0.717) is 6.42 Å². The summed E-state index contributed by atoms with van der Waals surface area (Å²) in [5.74, 6) is -1.07. The van der Waals surface area contributed by atoms with E-state index < -0.39 is 5.97 Å². The molecule has 0 aliphatic carbocycles. The van der Waals surface area contributed by atoms with E-state index in [4.69, 9.17) is 5.11 Å². The predicted octanol–water partition coefficient (Wildman–Crippen LogP) is 2.29. The molecule has 1 aliphatic heterocycles. The van der Waals surface area contributed by atoms with Crippen LogP contribution in [0.3, 0.4) is 0 Å². The quantitative estimate of drug-likeness (QED) is 0.739. The van der Waals surface area contributed by atoms with E-state index in [1.54, 1.807) is 0 Å². The lowest BCUT2D eigenvalue weighted by Gasteiger charge is -2.26. The van der Waals surface area contributed by atoms with Crippen LogP contribution in [0.15, 0.2) is 12.1 Å². The number of hydrogen-bond acceptors (Lipinski definition) is 2. The molecule has 1 atom stereocenters. The van der Waals surface area contributed by atoms with Crippen molar-refractivity contribution in [2.24, 2.45) is 0 Å². The number of anilines is 1. The highest BCUT2D eigenvalue weighted by Gasteiger charge is 2.26. The Kier molecular flexibility index (Phi) is 2.39. The fourth-order valence-electron chi connectivity index (χ4n) is 2.27. The van der Waals surface area contributed by atoms with Gasteiger partial charge in [0, 0.05) is 12.2 Å². The van der Waals surface area contributed by atoms with Gasteiger partial charge in [0.1, 0.15) is 0 Å². The van der Waals surface area contributed by atoms with Crippen LogP contribution >= 0.6 is 0 Å². The number of aliphatic carboxylic acids is 1. The van der Waals surface area contributed by atoms with Crippen LogP contribution in [0.25, 0.3) is 0 Å². The van der Waals surface area contributed by atoms with Crippen molar-refractivity contribution in [1.82, 2.24) is 0 Å². The van der Waals surface area contributed by atoms with Crippen LogP contribution in [-0.4, -0.2) is 17.6 Å². The lowest BCUT2D eigenvalue weighted by Crippen LogP contribution is -2.23. The SMILES string of the molecule is Cc1cc(C)c2c(c1)C(C(=O)O)CCN2. The number of carboxylic acids is 1. The first-order chi connectivity index (χ1) is 7.09. The van der Waals surface area contributed by atoms with Crippen LogP contribution in [0.2, 0.25) is 0 Å². The maximum absolute atomic E-state index is 11.1. The molecule has 0 aromatic heterocycles. The smallest absolute Gasteiger partial charge is 0.311 e. The predicted molar refractivity (Wildman–Crippen MR) is 59.4 cm³/mol. The van der Waals surface area contributed by atoms with Gasteiger partial charge in [-0.15, -0.1) is 0 Å². The number of benzene rings is 1. The molecule has 1 aromatic rings. The fourth-order valence-corrected chi connectivity index (χ4v) is 2.27. The summed E-state index contributed by atoms with van der Waals surface area (Å²) in [6.45, 7) is 4.76. The molecular weight excluding hydrogens is 190 g/mol. The van der Waals surface area contributed by atoms with Gasteiger partial charge in [0.15, 0.2) is 0 Å². The van der Waals surface area contributed by atoms with Gasteiger partial charge in [-0.25, -0.2) is 0 Å². The van der Waals surface area contributed by atoms with Crippen LogP contribution in [0.1, 0.15) is 29.0 Å². The average molecular weight is 205 g/mol. The molecule has 1 unspecified atom stereocenters. The Labute approximate surface area is 89.1 Å². The van der Waals surface area contributed by atoms with Crippen molar-refractivity contribution in [2.75, 3.05) is 11.9 Å². The minimum absolute atomic E-state index is 0.347. The van der Waals surface area contributed by atoms with Crippen molar-refractivity contribution in [1.29, 1.82) is 0 Å². The zero-order valence-electron chi connectivity index (χ0n) is 9.00. The highest BCUT2D eigenvalue weighted by atomic mass is 16.4. The molecule has 3 heteroatoms. The Morgan fingerprint density at radius 3 is 2.87 bits per heavy atom. The zero-order chi connectivity index (χ0) is 11.0. The first-order valence-electron chi connectivity index (χ1n) is 5.17. The van der Waals surface area contributed by atoms with E-state index in [1.165, 1.54) is 0 Å². The minimum Gasteiger partial charge on any atom is -0.481 e. The molecule has 0 amide bonds. The van der Waals surface area contributed by atoms with Crippen LogP contribution in [0, 0.1) is 13.8 Å². The van der Waals surface area contributed by atoms with Crippen LogP contribution in [-0.2, 0) is 4.79 Å². The van der Waals surface area contributed by atoms with Gasteiger partial charge in [-0.1, -0.05) is 17.7 Å². The standard InChI is InChI=1S/C12H15NO2/c1-7-5-8(2)11-10(6-7)9(12(14)15)3-4-13-11/h5-6,9,13H,3-4H2,1-2H3,(H,14,15). The van der Waals surface area contributed by atoms with Gasteiger partial charge in [0.25, 0.3) is 0 Å². The molecule has 0 saturated heterocycles. The number of nitrogens with one attached hydrogen (secondary N) is 1. The maximum atomic E-state index is 11.1. The Morgan fingerprint density at radius 2 is 2.20 bits per heavy atom. The van der Waals surface area contributed by atoms with Gasteiger partial charge in [-0.05, 0) is 31.4 Å². The summed E-state index contributed by atoms with van der Waals surface area (Å²) in [4.78, 5) is 11.1. The molecule has 3 nitrogen and oxygen atoms in total. The Bertz CT molecular complexity index is 412. The van der Waals surface area contributed by atoms with Crippen molar-refractivity contribution >= 4 is 11.7 Å². The molecular formula is C12H15NO2. The van der Waals surface area contributed by atoms with Crippen molar-refractivity contribution in [2.45, 2.75) is 26.2 Å². The van der Waals surface area contributed by atoms with Crippen LogP contribution < -0.4 is 5.32 Å². The Balaban J connectivity index is 2.55. The van der Waals surface area contributed by atoms with Gasteiger partial charge in [-0.3, -0.25) is 4.79 Å². The van der Waals surface area contributed by atoms with Gasteiger partial charge >= 0.3 is 5.97 Å². The first kappa shape index (κ1) is 10.0. The number of carboxylic acid groups (broad SMARTS) is 1. The van der Waals surface area contributed by atoms with Gasteiger partial charge in [-0.2, -0.15) is 0 Å². The highest BCUT2D eigenvalue weighted by Crippen LogP contribution is 2.34. The normalized spacial score (nSPS) is 19.2. The number of carbonyl (C=O) groups is 1. The molecule has 1 aromatic carbocycles. The van der Waals surface area contributed by atoms with Gasteiger partial charge in [0.05, 0.1) is 5.92 Å². The van der Waals surface area contributed by atoms with Gasteiger partial charge < -0.3 is 10.4 Å². The average Bonchev–Trinajstić information content (AvgIpc) is 2.16. The first-order valence-corrected chi connectivity index (χ1v) is 5.17. The van der Waals surface area contributed by atoms with Crippen molar-refractivity contribution in [3.63, 3.8) is 0 Å². The van der Waals surface area contributed by atoms with E-state index in [2.05, 4.69) is 11.4 Å². The second kappa shape index (κ2) is 3.57. The number of fused-ring (bicyclic) bond motifs is 1. The van der Waals surface area contributed by atoms with Crippen LogP contribution in [0.4, 0.5) is 5.69 Å². The topological polar surface area (TPSA) is 49.3 Å². The molecule has 1 heterocycles. The molecule has 15 heavy (non-hydrogen) atoms. The summed E-state index contributed by atoms with van der Waals surface area (Å²) in [5.41, 5.74) is 4.21. The molecule has 80 valence electrons. The summed E-state index contributed by atoms with van der Waals surface area (Å²) >= 11 is 0. The molecule has 0 radical (unpaired) electrons. The molecule has 0 saturated carbocycles. The van der Waals surface area contributed by atoms with E-state index in [0.717, 1.165) is 28.9 Å². The van der Waals surface area contributed by atoms with E-state index in [-0.39, 0.29) is 5.92 Å². The lowest BCUT2D eigenvalue weighted by atomic mass is 9.88. The molecule has 0 bridgehead atoms. The second-order valence-electron chi connectivity index (χ2n) is 4.15. The number of hydrogen-bond donors (Lipinski definition) is 2. The summed E-state index contributed by atoms with van der Waals surface area (Å²) in [6.07, 6.45) is 0.672. The summed E-state index contributed by atoms with van der Waals surface area (Å²) in [6, 6.07) is 4.06. The Morgan fingerprint density at radius 1 is 1.47 bits per heavy atom. The van der Waals surface area contributed by atoms with E-state index in [1.807, 2.05) is 19.9 Å². The summed E-state index contributed by atoms with van der Waals surface area (Å²) in [7, 11) is 0. The van der Waals surface area contributed by atoms with Crippen LogP contribution in [0.5, 0.6) is 0 Å². The molecule has 0 fully saturated rings.